The molecule has 2 heterocycles. The molecular formula is C22H19N2OY-. The summed E-state index contributed by atoms with van der Waals surface area (Å²) in [5, 5.41) is 1.07. The normalized spacial score (nSPS) is 10.6. The Balaban J connectivity index is 0.00000196. The number of rotatable bonds is 3. The minimum absolute atomic E-state index is 0. The summed E-state index contributed by atoms with van der Waals surface area (Å²) >= 11 is 0. The van der Waals surface area contributed by atoms with E-state index in [1.807, 2.05) is 36.4 Å². The van der Waals surface area contributed by atoms with Gasteiger partial charge in [-0.25, -0.2) is 0 Å². The molecule has 0 atom stereocenters. The van der Waals surface area contributed by atoms with Crippen molar-refractivity contribution in [2.45, 2.75) is 6.92 Å². The molecule has 0 unspecified atom stereocenters. The molecular weight excluding hydrogens is 397 g/mol. The molecule has 0 bridgehead atoms. The molecule has 0 spiro atoms. The molecule has 3 nitrogen and oxygen atoms in total. The van der Waals surface area contributed by atoms with E-state index >= 15 is 0 Å². The van der Waals surface area contributed by atoms with E-state index < -0.39 is 0 Å². The van der Waals surface area contributed by atoms with Crippen LogP contribution in [0.15, 0.2) is 60.8 Å². The van der Waals surface area contributed by atoms with Crippen molar-refractivity contribution in [3.05, 3.63) is 78.5 Å². The molecule has 4 heteroatoms. The molecule has 0 aliphatic rings. The van der Waals surface area contributed by atoms with Gasteiger partial charge < -0.3 is 4.74 Å². The fourth-order valence-electron chi connectivity index (χ4n) is 3.30. The molecule has 2 aromatic heterocycles. The number of methoxy groups -OCH3 is 1. The van der Waals surface area contributed by atoms with Crippen LogP contribution in [0.3, 0.4) is 0 Å². The Hall–Kier alpha value is -1.97. The first-order chi connectivity index (χ1) is 12.2. The Morgan fingerprint density at radius 2 is 1.88 bits per heavy atom. The third-order valence-electron chi connectivity index (χ3n) is 4.52. The number of benzene rings is 2. The Labute approximate surface area is 179 Å². The first kappa shape index (κ1) is 18.8. The average molecular weight is 416 g/mol. The van der Waals surface area contributed by atoms with Crippen LogP contribution < -0.4 is 9.30 Å². The smallest absolute Gasteiger partial charge is 0.202 e. The van der Waals surface area contributed by atoms with Crippen LogP contribution in [0.4, 0.5) is 0 Å². The average Bonchev–Trinajstić information content (AvgIpc) is 3.03. The zero-order chi connectivity index (χ0) is 17.4. The number of aryl methyl sites for hydroxylation is 1. The quantitative estimate of drug-likeness (QED) is 0.364. The minimum Gasteiger partial charge on any atom is -0.496 e. The summed E-state index contributed by atoms with van der Waals surface area (Å²) in [7, 11) is 3.76. The Morgan fingerprint density at radius 3 is 2.62 bits per heavy atom. The second-order valence-corrected chi connectivity index (χ2v) is 6.05. The molecule has 127 valence electrons. The largest absolute Gasteiger partial charge is 0.496 e. The number of aromatic nitrogens is 2. The SMILES string of the molecule is COc1cccc(-n2c(-c3[c-]cccc3)[c-]c3ccc[n+](C)c32)c1C.[Y]. The van der Waals surface area contributed by atoms with Crippen LogP contribution in [0, 0.1) is 19.1 Å². The van der Waals surface area contributed by atoms with Crippen molar-refractivity contribution in [3.8, 4) is 22.7 Å². The summed E-state index contributed by atoms with van der Waals surface area (Å²) in [4.78, 5) is 0. The summed E-state index contributed by atoms with van der Waals surface area (Å²) in [5.74, 6) is 0.876. The summed E-state index contributed by atoms with van der Waals surface area (Å²) in [5.41, 5.74) is 5.28. The van der Waals surface area contributed by atoms with Crippen molar-refractivity contribution in [3.63, 3.8) is 0 Å². The molecule has 1 radical (unpaired) electrons. The van der Waals surface area contributed by atoms with Gasteiger partial charge in [0.25, 0.3) is 0 Å². The number of ether oxygens (including phenoxy) is 1. The van der Waals surface area contributed by atoms with Crippen LogP contribution in [0.1, 0.15) is 5.56 Å². The summed E-state index contributed by atoms with van der Waals surface area (Å²) in [6.07, 6.45) is 2.06. The van der Waals surface area contributed by atoms with Gasteiger partial charge in [0.1, 0.15) is 11.4 Å². The van der Waals surface area contributed by atoms with Gasteiger partial charge in [-0.05, 0) is 24.8 Å². The van der Waals surface area contributed by atoms with Crippen LogP contribution >= 0.6 is 0 Å². The van der Waals surface area contributed by atoms with Crippen LogP contribution in [-0.2, 0) is 39.8 Å². The fraction of sp³-hybridized carbons (Fsp3) is 0.136. The third kappa shape index (κ3) is 3.10. The maximum atomic E-state index is 5.53. The van der Waals surface area contributed by atoms with Gasteiger partial charge in [-0.2, -0.15) is 29.8 Å². The van der Waals surface area contributed by atoms with Crippen LogP contribution in [-0.4, -0.2) is 11.7 Å². The van der Waals surface area contributed by atoms with E-state index in [0.29, 0.717) is 0 Å². The van der Waals surface area contributed by atoms with Gasteiger partial charge in [-0.15, -0.1) is 18.2 Å². The van der Waals surface area contributed by atoms with E-state index in [1.165, 1.54) is 0 Å². The summed E-state index contributed by atoms with van der Waals surface area (Å²) in [6, 6.07) is 25.2. The van der Waals surface area contributed by atoms with Crippen LogP contribution in [0.5, 0.6) is 5.75 Å². The van der Waals surface area contributed by atoms with Crippen molar-refractivity contribution in [1.82, 2.24) is 4.57 Å². The van der Waals surface area contributed by atoms with Gasteiger partial charge in [0.05, 0.1) is 20.4 Å². The van der Waals surface area contributed by atoms with E-state index in [4.69, 9.17) is 4.74 Å². The van der Waals surface area contributed by atoms with Gasteiger partial charge in [0, 0.05) is 38.3 Å². The standard InChI is InChI=1S/C22H19N2O.Y/c1-16-19(12-7-13-21(16)25-3)24-20(17-9-5-4-6-10-17)15-18-11-8-14-23(2)22(18)24;/h4-9,11-14H,1-3H3;/q-1;. The van der Waals surface area contributed by atoms with E-state index in [0.717, 1.165) is 39.3 Å². The minimum atomic E-state index is 0. The van der Waals surface area contributed by atoms with Crippen molar-refractivity contribution in [2.75, 3.05) is 7.11 Å². The molecule has 0 N–H and O–H groups in total. The third-order valence-corrected chi connectivity index (χ3v) is 4.52. The van der Waals surface area contributed by atoms with E-state index in [-0.39, 0.29) is 32.7 Å². The monoisotopic (exact) mass is 416 g/mol. The predicted octanol–water partition coefficient (Wildman–Crippen LogP) is 4.04. The first-order valence-corrected chi connectivity index (χ1v) is 8.24. The molecule has 26 heavy (non-hydrogen) atoms. The number of hydrogen-bond donors (Lipinski definition) is 0. The van der Waals surface area contributed by atoms with Crippen LogP contribution in [0.25, 0.3) is 28.0 Å². The molecule has 4 aromatic rings. The van der Waals surface area contributed by atoms with Gasteiger partial charge >= 0.3 is 0 Å². The van der Waals surface area contributed by atoms with Gasteiger partial charge in [-0.1, -0.05) is 17.5 Å². The molecule has 0 saturated heterocycles. The molecule has 0 amide bonds. The Bertz CT molecular complexity index is 1050. The van der Waals surface area contributed by atoms with E-state index in [2.05, 4.69) is 59.6 Å². The number of fused-ring (bicyclic) bond motifs is 1. The molecule has 0 aliphatic heterocycles. The van der Waals surface area contributed by atoms with Gasteiger partial charge in [-0.3, -0.25) is 9.13 Å². The Morgan fingerprint density at radius 1 is 1.04 bits per heavy atom. The maximum absolute atomic E-state index is 5.53. The number of nitrogens with zero attached hydrogens (tertiary/aromatic N) is 2. The van der Waals surface area contributed by atoms with Crippen molar-refractivity contribution >= 4 is 11.0 Å². The molecule has 0 aliphatic carbocycles. The summed E-state index contributed by atoms with van der Waals surface area (Å²) in [6.45, 7) is 2.08. The Kier molecular flexibility index (Phi) is 5.59. The molecule has 2 aromatic carbocycles. The molecule has 0 fully saturated rings. The van der Waals surface area contributed by atoms with Crippen molar-refractivity contribution in [1.29, 1.82) is 0 Å². The van der Waals surface area contributed by atoms with Gasteiger partial charge in [0.15, 0.2) is 0 Å². The zero-order valence-corrected chi connectivity index (χ0v) is 18.0. The molecule has 4 rings (SSSR count). The van der Waals surface area contributed by atoms with E-state index in [9.17, 15) is 0 Å². The summed E-state index contributed by atoms with van der Waals surface area (Å²) < 4.78 is 9.89. The first-order valence-electron chi connectivity index (χ1n) is 8.24. The van der Waals surface area contributed by atoms with E-state index in [1.54, 1.807) is 7.11 Å². The second kappa shape index (κ2) is 7.73. The van der Waals surface area contributed by atoms with Crippen molar-refractivity contribution in [2.24, 2.45) is 7.05 Å². The maximum Gasteiger partial charge on any atom is 0.202 e. The number of hydrogen-bond acceptors (Lipinski definition) is 1. The van der Waals surface area contributed by atoms with Crippen LogP contribution in [0.2, 0.25) is 0 Å². The second-order valence-electron chi connectivity index (χ2n) is 6.05. The topological polar surface area (TPSA) is 18.0 Å². The van der Waals surface area contributed by atoms with Crippen molar-refractivity contribution < 1.29 is 42.0 Å². The fourth-order valence-corrected chi connectivity index (χ4v) is 3.30. The zero-order valence-electron chi connectivity index (χ0n) is 15.2. The van der Waals surface area contributed by atoms with Gasteiger partial charge in [0.2, 0.25) is 5.65 Å². The molecule has 0 saturated carbocycles. The number of pyridine rings is 1. The predicted molar refractivity (Wildman–Crippen MR) is 98.8 cm³/mol.